The van der Waals surface area contributed by atoms with E-state index in [1.807, 2.05) is 7.11 Å². The number of ether oxygens (including phenoxy) is 1. The van der Waals surface area contributed by atoms with Gasteiger partial charge in [-0.15, -0.1) is 0 Å². The molecule has 0 bridgehead atoms. The molecule has 0 radical (unpaired) electrons. The predicted molar refractivity (Wildman–Crippen MR) is 49.2 cm³/mol. The standard InChI is InChI=1S/C10H19NO/c1-12-9-3-6-10(7-4-9)5-2-8-11-10/h9,11H,2-8H2,1H3. The highest BCUT2D eigenvalue weighted by Gasteiger charge is 2.37. The van der Waals surface area contributed by atoms with E-state index in [9.17, 15) is 0 Å². The van der Waals surface area contributed by atoms with E-state index in [1.54, 1.807) is 0 Å². The van der Waals surface area contributed by atoms with Crippen molar-refractivity contribution in [2.24, 2.45) is 0 Å². The van der Waals surface area contributed by atoms with E-state index in [-0.39, 0.29) is 0 Å². The van der Waals surface area contributed by atoms with E-state index in [2.05, 4.69) is 5.32 Å². The number of hydrogen-bond donors (Lipinski definition) is 1. The van der Waals surface area contributed by atoms with Crippen LogP contribution in [-0.2, 0) is 4.74 Å². The summed E-state index contributed by atoms with van der Waals surface area (Å²) in [4.78, 5) is 0. The van der Waals surface area contributed by atoms with Crippen LogP contribution in [-0.4, -0.2) is 25.3 Å². The molecule has 1 spiro atoms. The maximum atomic E-state index is 5.37. The van der Waals surface area contributed by atoms with Crippen molar-refractivity contribution in [3.8, 4) is 0 Å². The molecule has 2 nitrogen and oxygen atoms in total. The first-order valence-corrected chi connectivity index (χ1v) is 5.12. The van der Waals surface area contributed by atoms with Gasteiger partial charge in [-0.3, -0.25) is 0 Å². The highest BCUT2D eigenvalue weighted by atomic mass is 16.5. The van der Waals surface area contributed by atoms with Crippen LogP contribution in [0.5, 0.6) is 0 Å². The molecule has 1 aliphatic carbocycles. The Morgan fingerprint density at radius 1 is 1.25 bits per heavy atom. The maximum Gasteiger partial charge on any atom is 0.0572 e. The molecule has 2 aliphatic rings. The minimum Gasteiger partial charge on any atom is -0.381 e. The van der Waals surface area contributed by atoms with E-state index in [4.69, 9.17) is 4.74 Å². The van der Waals surface area contributed by atoms with Crippen LogP contribution >= 0.6 is 0 Å². The summed E-state index contributed by atoms with van der Waals surface area (Å²) in [7, 11) is 1.84. The van der Waals surface area contributed by atoms with Crippen LogP contribution in [0.25, 0.3) is 0 Å². The Hall–Kier alpha value is -0.0800. The normalized spacial score (nSPS) is 42.2. The second kappa shape index (κ2) is 3.35. The molecule has 0 aromatic rings. The first-order valence-electron chi connectivity index (χ1n) is 5.12. The van der Waals surface area contributed by atoms with E-state index < -0.39 is 0 Å². The van der Waals surface area contributed by atoms with Gasteiger partial charge in [-0.05, 0) is 45.1 Å². The highest BCUT2D eigenvalue weighted by molar-refractivity contribution is 4.96. The minimum absolute atomic E-state index is 0.523. The van der Waals surface area contributed by atoms with Gasteiger partial charge in [0, 0.05) is 12.6 Å². The van der Waals surface area contributed by atoms with Crippen LogP contribution in [0.3, 0.4) is 0 Å². The van der Waals surface area contributed by atoms with E-state index >= 15 is 0 Å². The lowest BCUT2D eigenvalue weighted by molar-refractivity contribution is 0.0457. The molecule has 1 aliphatic heterocycles. The monoisotopic (exact) mass is 169 g/mol. The van der Waals surface area contributed by atoms with Crippen molar-refractivity contribution >= 4 is 0 Å². The zero-order valence-electron chi connectivity index (χ0n) is 7.94. The molecule has 0 amide bonds. The number of methoxy groups -OCH3 is 1. The minimum atomic E-state index is 0.523. The third-order valence-electron chi connectivity index (χ3n) is 3.56. The van der Waals surface area contributed by atoms with Gasteiger partial charge >= 0.3 is 0 Å². The molecule has 0 aromatic carbocycles. The third kappa shape index (κ3) is 1.50. The van der Waals surface area contributed by atoms with Crippen LogP contribution in [0, 0.1) is 0 Å². The van der Waals surface area contributed by atoms with Crippen LogP contribution in [0.15, 0.2) is 0 Å². The van der Waals surface area contributed by atoms with Crippen molar-refractivity contribution in [3.05, 3.63) is 0 Å². The summed E-state index contributed by atoms with van der Waals surface area (Å²) < 4.78 is 5.37. The van der Waals surface area contributed by atoms with Gasteiger partial charge in [0.05, 0.1) is 6.10 Å². The summed E-state index contributed by atoms with van der Waals surface area (Å²) in [6.45, 7) is 1.23. The van der Waals surface area contributed by atoms with Crippen molar-refractivity contribution in [2.45, 2.75) is 50.2 Å². The topological polar surface area (TPSA) is 21.3 Å². The van der Waals surface area contributed by atoms with Gasteiger partial charge in [-0.25, -0.2) is 0 Å². The molecule has 2 heteroatoms. The first-order chi connectivity index (χ1) is 5.85. The molecule has 2 fully saturated rings. The maximum absolute atomic E-state index is 5.37. The Kier molecular flexibility index (Phi) is 2.37. The molecule has 1 saturated carbocycles. The summed E-state index contributed by atoms with van der Waals surface area (Å²) in [5.41, 5.74) is 0.523. The Bertz CT molecular complexity index is 142. The lowest BCUT2D eigenvalue weighted by Crippen LogP contribution is -2.44. The summed E-state index contributed by atoms with van der Waals surface area (Å²) in [5, 5.41) is 3.66. The van der Waals surface area contributed by atoms with Crippen molar-refractivity contribution in [3.63, 3.8) is 0 Å². The third-order valence-corrected chi connectivity index (χ3v) is 3.56. The highest BCUT2D eigenvalue weighted by Crippen LogP contribution is 2.35. The van der Waals surface area contributed by atoms with Gasteiger partial charge in [0.1, 0.15) is 0 Å². The van der Waals surface area contributed by atoms with Gasteiger partial charge in [0.25, 0.3) is 0 Å². The van der Waals surface area contributed by atoms with Crippen LogP contribution in [0.4, 0.5) is 0 Å². The van der Waals surface area contributed by atoms with Crippen molar-refractivity contribution < 1.29 is 4.74 Å². The van der Waals surface area contributed by atoms with Crippen LogP contribution in [0.2, 0.25) is 0 Å². The summed E-state index contributed by atoms with van der Waals surface area (Å²) >= 11 is 0. The molecule has 1 heterocycles. The van der Waals surface area contributed by atoms with Crippen molar-refractivity contribution in [1.29, 1.82) is 0 Å². The van der Waals surface area contributed by atoms with E-state index in [0.717, 1.165) is 0 Å². The van der Waals surface area contributed by atoms with Gasteiger partial charge < -0.3 is 10.1 Å². The summed E-state index contributed by atoms with van der Waals surface area (Å²) in [5.74, 6) is 0. The fourth-order valence-corrected chi connectivity index (χ4v) is 2.68. The Labute approximate surface area is 74.7 Å². The lowest BCUT2D eigenvalue weighted by atomic mass is 9.79. The molecule has 0 atom stereocenters. The zero-order chi connectivity index (χ0) is 8.44. The number of nitrogens with one attached hydrogen (secondary N) is 1. The van der Waals surface area contributed by atoms with E-state index in [0.29, 0.717) is 11.6 Å². The molecule has 1 N–H and O–H groups in total. The van der Waals surface area contributed by atoms with Gasteiger partial charge in [-0.2, -0.15) is 0 Å². The largest absolute Gasteiger partial charge is 0.381 e. The van der Waals surface area contributed by atoms with Gasteiger partial charge in [0.2, 0.25) is 0 Å². The zero-order valence-corrected chi connectivity index (χ0v) is 7.94. The summed E-state index contributed by atoms with van der Waals surface area (Å²) in [6.07, 6.45) is 8.46. The summed E-state index contributed by atoms with van der Waals surface area (Å²) in [6, 6.07) is 0. The lowest BCUT2D eigenvalue weighted by Gasteiger charge is -2.36. The Balaban J connectivity index is 1.88. The fraction of sp³-hybridized carbons (Fsp3) is 1.00. The fourth-order valence-electron chi connectivity index (χ4n) is 2.68. The second-order valence-corrected chi connectivity index (χ2v) is 4.25. The van der Waals surface area contributed by atoms with Crippen molar-refractivity contribution in [1.82, 2.24) is 5.32 Å². The second-order valence-electron chi connectivity index (χ2n) is 4.25. The molecule has 12 heavy (non-hydrogen) atoms. The van der Waals surface area contributed by atoms with Gasteiger partial charge in [-0.1, -0.05) is 0 Å². The molecule has 70 valence electrons. The molecular weight excluding hydrogens is 150 g/mol. The SMILES string of the molecule is COC1CCC2(CCCN2)CC1. The molecule has 0 unspecified atom stereocenters. The molecule has 1 saturated heterocycles. The van der Waals surface area contributed by atoms with E-state index in [1.165, 1.54) is 45.1 Å². The predicted octanol–water partition coefficient (Wildman–Crippen LogP) is 1.70. The first kappa shape index (κ1) is 8.52. The molecule has 0 aromatic heterocycles. The molecular formula is C10H19NO. The van der Waals surface area contributed by atoms with Crippen LogP contribution in [0.1, 0.15) is 38.5 Å². The smallest absolute Gasteiger partial charge is 0.0572 e. The van der Waals surface area contributed by atoms with Gasteiger partial charge in [0.15, 0.2) is 0 Å². The number of hydrogen-bond acceptors (Lipinski definition) is 2. The quantitative estimate of drug-likeness (QED) is 0.645. The van der Waals surface area contributed by atoms with Crippen molar-refractivity contribution in [2.75, 3.05) is 13.7 Å². The van der Waals surface area contributed by atoms with Crippen LogP contribution < -0.4 is 5.32 Å². The Morgan fingerprint density at radius 3 is 2.50 bits per heavy atom. The average molecular weight is 169 g/mol. The average Bonchev–Trinajstić information content (AvgIpc) is 2.55. The molecule has 2 rings (SSSR count). The number of rotatable bonds is 1. The Morgan fingerprint density at radius 2 is 2.00 bits per heavy atom.